The first-order chi connectivity index (χ1) is 10.1. The Morgan fingerprint density at radius 1 is 1.32 bits per heavy atom. The minimum Gasteiger partial charge on any atom is -0.354 e. The SMILES string of the molecule is CC(C)(C)C(=O)N[C@@H]1CCN(c2ccc(C(F)(F)F)cn2)C1. The van der Waals surface area contributed by atoms with E-state index in [4.69, 9.17) is 0 Å². The lowest BCUT2D eigenvalue weighted by atomic mass is 9.95. The summed E-state index contributed by atoms with van der Waals surface area (Å²) in [6.45, 7) is 6.74. The molecule has 0 unspecified atom stereocenters. The average molecular weight is 315 g/mol. The predicted molar refractivity (Wildman–Crippen MR) is 77.5 cm³/mol. The number of carbonyl (C=O) groups is 1. The van der Waals surface area contributed by atoms with Crippen LogP contribution in [0.2, 0.25) is 0 Å². The van der Waals surface area contributed by atoms with Crippen LogP contribution in [0.3, 0.4) is 0 Å². The van der Waals surface area contributed by atoms with E-state index in [1.165, 1.54) is 6.07 Å². The molecule has 1 aromatic rings. The van der Waals surface area contributed by atoms with E-state index >= 15 is 0 Å². The number of carbonyl (C=O) groups excluding carboxylic acids is 1. The van der Waals surface area contributed by atoms with E-state index < -0.39 is 17.2 Å². The van der Waals surface area contributed by atoms with Crippen LogP contribution in [-0.2, 0) is 11.0 Å². The van der Waals surface area contributed by atoms with Crippen molar-refractivity contribution in [2.75, 3.05) is 18.0 Å². The van der Waals surface area contributed by atoms with Crippen molar-refractivity contribution >= 4 is 11.7 Å². The summed E-state index contributed by atoms with van der Waals surface area (Å²) in [6, 6.07) is 2.40. The molecule has 1 amide bonds. The molecular formula is C15H20F3N3O. The van der Waals surface area contributed by atoms with E-state index in [1.54, 1.807) is 0 Å². The van der Waals surface area contributed by atoms with Crippen LogP contribution >= 0.6 is 0 Å². The summed E-state index contributed by atoms with van der Waals surface area (Å²) in [5.41, 5.74) is -1.21. The fourth-order valence-corrected chi connectivity index (χ4v) is 2.23. The van der Waals surface area contributed by atoms with Crippen LogP contribution in [0.25, 0.3) is 0 Å². The quantitative estimate of drug-likeness (QED) is 0.913. The van der Waals surface area contributed by atoms with Crippen molar-refractivity contribution in [1.82, 2.24) is 10.3 Å². The highest BCUT2D eigenvalue weighted by molar-refractivity contribution is 5.81. The van der Waals surface area contributed by atoms with Crippen molar-refractivity contribution in [3.05, 3.63) is 23.9 Å². The van der Waals surface area contributed by atoms with Gasteiger partial charge in [0.05, 0.1) is 5.56 Å². The number of halogens is 3. The van der Waals surface area contributed by atoms with E-state index in [2.05, 4.69) is 10.3 Å². The molecule has 1 aliphatic rings. The third-order valence-corrected chi connectivity index (χ3v) is 3.60. The van der Waals surface area contributed by atoms with Gasteiger partial charge in [0.2, 0.25) is 5.91 Å². The molecule has 1 saturated heterocycles. The minimum atomic E-state index is -4.38. The lowest BCUT2D eigenvalue weighted by molar-refractivity contribution is -0.137. The standard InChI is InChI=1S/C15H20F3N3O/c1-14(2,3)13(22)20-11-6-7-21(9-11)12-5-4-10(8-19-12)15(16,17)18/h4-5,8,11H,6-7,9H2,1-3H3,(H,20,22)/t11-/m1/s1. The van der Waals surface area contributed by atoms with Crippen LogP contribution in [0.15, 0.2) is 18.3 Å². The molecule has 1 aliphatic heterocycles. The Kier molecular flexibility index (Phi) is 4.35. The Hall–Kier alpha value is -1.79. The summed E-state index contributed by atoms with van der Waals surface area (Å²) < 4.78 is 37.5. The molecule has 1 N–H and O–H groups in total. The van der Waals surface area contributed by atoms with Gasteiger partial charge in [-0.2, -0.15) is 13.2 Å². The fourth-order valence-electron chi connectivity index (χ4n) is 2.23. The van der Waals surface area contributed by atoms with Crippen LogP contribution in [-0.4, -0.2) is 30.0 Å². The van der Waals surface area contributed by atoms with Gasteiger partial charge >= 0.3 is 6.18 Å². The second-order valence-electron chi connectivity index (χ2n) is 6.56. The van der Waals surface area contributed by atoms with Crippen LogP contribution in [0.1, 0.15) is 32.8 Å². The predicted octanol–water partition coefficient (Wildman–Crippen LogP) is 2.84. The second kappa shape index (κ2) is 5.78. The Labute approximate surface area is 127 Å². The molecular weight excluding hydrogens is 295 g/mol. The van der Waals surface area contributed by atoms with E-state index in [0.717, 1.165) is 18.7 Å². The van der Waals surface area contributed by atoms with E-state index in [1.807, 2.05) is 25.7 Å². The highest BCUT2D eigenvalue weighted by Crippen LogP contribution is 2.30. The number of aromatic nitrogens is 1. The largest absolute Gasteiger partial charge is 0.417 e. The van der Waals surface area contributed by atoms with Gasteiger partial charge in [-0.15, -0.1) is 0 Å². The maximum atomic E-state index is 12.5. The van der Waals surface area contributed by atoms with E-state index in [0.29, 0.717) is 18.9 Å². The third-order valence-electron chi connectivity index (χ3n) is 3.60. The number of hydrogen-bond acceptors (Lipinski definition) is 3. The van der Waals surface area contributed by atoms with E-state index in [-0.39, 0.29) is 11.9 Å². The molecule has 1 atom stereocenters. The summed E-state index contributed by atoms with van der Waals surface area (Å²) in [4.78, 5) is 17.7. The first kappa shape index (κ1) is 16.6. The highest BCUT2D eigenvalue weighted by Gasteiger charge is 2.32. The van der Waals surface area contributed by atoms with Crippen LogP contribution in [0.5, 0.6) is 0 Å². The smallest absolute Gasteiger partial charge is 0.354 e. The van der Waals surface area contributed by atoms with Crippen molar-refractivity contribution in [2.24, 2.45) is 5.41 Å². The average Bonchev–Trinajstić information content (AvgIpc) is 2.85. The molecule has 0 spiro atoms. The summed E-state index contributed by atoms with van der Waals surface area (Å²) >= 11 is 0. The molecule has 1 fully saturated rings. The molecule has 0 aliphatic carbocycles. The Bertz CT molecular complexity index is 534. The van der Waals surface area contributed by atoms with Crippen molar-refractivity contribution in [3.8, 4) is 0 Å². The Morgan fingerprint density at radius 3 is 2.50 bits per heavy atom. The fraction of sp³-hybridized carbons (Fsp3) is 0.600. The maximum Gasteiger partial charge on any atom is 0.417 e. The van der Waals surface area contributed by atoms with Gasteiger partial charge in [-0.25, -0.2) is 4.98 Å². The second-order valence-corrected chi connectivity index (χ2v) is 6.56. The molecule has 2 heterocycles. The molecule has 4 nitrogen and oxygen atoms in total. The van der Waals surface area contributed by atoms with Gasteiger partial charge in [0.1, 0.15) is 5.82 Å². The van der Waals surface area contributed by atoms with Gasteiger partial charge in [-0.3, -0.25) is 4.79 Å². The molecule has 122 valence electrons. The van der Waals surface area contributed by atoms with Gasteiger partial charge < -0.3 is 10.2 Å². The summed E-state index contributed by atoms with van der Waals surface area (Å²) in [5, 5.41) is 2.97. The summed E-state index contributed by atoms with van der Waals surface area (Å²) in [5.74, 6) is 0.472. The number of anilines is 1. The van der Waals surface area contributed by atoms with Crippen LogP contribution in [0, 0.1) is 5.41 Å². The van der Waals surface area contributed by atoms with E-state index in [9.17, 15) is 18.0 Å². The topological polar surface area (TPSA) is 45.2 Å². The van der Waals surface area contributed by atoms with Gasteiger partial charge in [0.25, 0.3) is 0 Å². The lowest BCUT2D eigenvalue weighted by Gasteiger charge is -2.22. The van der Waals surface area contributed by atoms with Gasteiger partial charge in [-0.1, -0.05) is 20.8 Å². The molecule has 22 heavy (non-hydrogen) atoms. The number of rotatable bonds is 2. The number of nitrogens with zero attached hydrogens (tertiary/aromatic N) is 2. The zero-order chi connectivity index (χ0) is 16.5. The molecule has 0 saturated carbocycles. The monoisotopic (exact) mass is 315 g/mol. The summed E-state index contributed by atoms with van der Waals surface area (Å²) in [6.07, 6.45) is -2.78. The number of hydrogen-bond donors (Lipinski definition) is 1. The van der Waals surface area contributed by atoms with Gasteiger partial charge in [0, 0.05) is 30.7 Å². The lowest BCUT2D eigenvalue weighted by Crippen LogP contribution is -2.43. The van der Waals surface area contributed by atoms with Crippen molar-refractivity contribution in [2.45, 2.75) is 39.4 Å². The minimum absolute atomic E-state index is 0.00387. The molecule has 0 radical (unpaired) electrons. The van der Waals surface area contributed by atoms with Gasteiger partial charge in [-0.05, 0) is 18.6 Å². The Morgan fingerprint density at radius 2 is 2.00 bits per heavy atom. The number of amides is 1. The number of pyridine rings is 1. The molecule has 0 bridgehead atoms. The first-order valence-electron chi connectivity index (χ1n) is 7.16. The number of alkyl halides is 3. The van der Waals surface area contributed by atoms with Crippen molar-refractivity contribution in [3.63, 3.8) is 0 Å². The van der Waals surface area contributed by atoms with Crippen LogP contribution in [0.4, 0.5) is 19.0 Å². The van der Waals surface area contributed by atoms with Gasteiger partial charge in [0.15, 0.2) is 0 Å². The third kappa shape index (κ3) is 3.90. The first-order valence-corrected chi connectivity index (χ1v) is 7.16. The molecule has 7 heteroatoms. The van der Waals surface area contributed by atoms with Crippen LogP contribution < -0.4 is 10.2 Å². The summed E-state index contributed by atoms with van der Waals surface area (Å²) in [7, 11) is 0. The molecule has 2 rings (SSSR count). The molecule has 1 aromatic heterocycles. The van der Waals surface area contributed by atoms with Crippen molar-refractivity contribution in [1.29, 1.82) is 0 Å². The molecule has 0 aromatic carbocycles. The number of nitrogens with one attached hydrogen (secondary N) is 1. The zero-order valence-electron chi connectivity index (χ0n) is 12.9. The Balaban J connectivity index is 1.97. The zero-order valence-corrected chi connectivity index (χ0v) is 12.9. The van der Waals surface area contributed by atoms with Crippen molar-refractivity contribution < 1.29 is 18.0 Å². The highest BCUT2D eigenvalue weighted by atomic mass is 19.4. The maximum absolute atomic E-state index is 12.5. The normalized spacial score (nSPS) is 19.4.